The van der Waals surface area contributed by atoms with Crippen LogP contribution >= 0.6 is 0 Å². The number of carbonyl (C=O) groups is 1. The Morgan fingerprint density at radius 1 is 1.35 bits per heavy atom. The van der Waals surface area contributed by atoms with Crippen molar-refractivity contribution in [3.8, 4) is 0 Å². The molecule has 0 radical (unpaired) electrons. The Bertz CT molecular complexity index is 327. The molecule has 0 saturated carbocycles. The molecule has 1 atom stereocenters. The Balaban J connectivity index is 2.44. The van der Waals surface area contributed by atoms with E-state index in [1.54, 1.807) is 0 Å². The van der Waals surface area contributed by atoms with Crippen LogP contribution in [-0.4, -0.2) is 30.7 Å². The number of hydrogen-bond acceptors (Lipinski definition) is 3. The van der Waals surface area contributed by atoms with Crippen LogP contribution in [0.2, 0.25) is 0 Å². The molecule has 0 saturated heterocycles. The quantitative estimate of drug-likeness (QED) is 0.615. The fourth-order valence-electron chi connectivity index (χ4n) is 1.56. The molecule has 1 aromatic rings. The van der Waals surface area contributed by atoms with Crippen LogP contribution in [0.25, 0.3) is 0 Å². The van der Waals surface area contributed by atoms with E-state index in [0.717, 1.165) is 12.1 Å². The van der Waals surface area contributed by atoms with Crippen LogP contribution in [0.3, 0.4) is 0 Å². The fraction of sp³-hybridized carbons (Fsp3) is 0.462. The molecule has 0 heterocycles. The Hall–Kier alpha value is -1.39. The van der Waals surface area contributed by atoms with E-state index in [-0.39, 0.29) is 18.6 Å². The van der Waals surface area contributed by atoms with Gasteiger partial charge in [0.15, 0.2) is 0 Å². The Morgan fingerprint density at radius 3 is 2.65 bits per heavy atom. The number of amides is 1. The Kier molecular flexibility index (Phi) is 6.29. The molecule has 94 valence electrons. The molecule has 0 aromatic heterocycles. The summed E-state index contributed by atoms with van der Waals surface area (Å²) in [6.07, 6.45) is 0.428. The zero-order valence-corrected chi connectivity index (χ0v) is 10.1. The standard InChI is InChI=1S/C13H20N2O2/c1-2-14-9-8-13(17)15-12(10-16)11-6-4-3-5-7-11/h3-7,12,14,16H,2,8-10H2,1H3,(H,15,17)/t12-/m0/s1. The lowest BCUT2D eigenvalue weighted by Crippen LogP contribution is -2.32. The first kappa shape index (κ1) is 13.7. The molecule has 0 unspecified atom stereocenters. The van der Waals surface area contributed by atoms with Crippen LogP contribution in [0.4, 0.5) is 0 Å². The lowest BCUT2D eigenvalue weighted by molar-refractivity contribution is -0.122. The van der Waals surface area contributed by atoms with Gasteiger partial charge in [0, 0.05) is 13.0 Å². The van der Waals surface area contributed by atoms with Gasteiger partial charge in [-0.1, -0.05) is 37.3 Å². The van der Waals surface area contributed by atoms with Gasteiger partial charge in [-0.2, -0.15) is 0 Å². The van der Waals surface area contributed by atoms with E-state index in [4.69, 9.17) is 0 Å². The zero-order valence-electron chi connectivity index (χ0n) is 10.1. The first-order chi connectivity index (χ1) is 8.27. The van der Waals surface area contributed by atoms with Crippen molar-refractivity contribution in [2.24, 2.45) is 0 Å². The molecule has 1 aromatic carbocycles. The second-order valence-corrected chi connectivity index (χ2v) is 3.82. The Labute approximate surface area is 102 Å². The molecule has 17 heavy (non-hydrogen) atoms. The van der Waals surface area contributed by atoms with Gasteiger partial charge in [0.25, 0.3) is 0 Å². The van der Waals surface area contributed by atoms with Gasteiger partial charge in [-0.05, 0) is 12.1 Å². The van der Waals surface area contributed by atoms with Crippen molar-refractivity contribution in [3.05, 3.63) is 35.9 Å². The molecule has 1 rings (SSSR count). The van der Waals surface area contributed by atoms with Crippen molar-refractivity contribution in [2.45, 2.75) is 19.4 Å². The third-order valence-corrected chi connectivity index (χ3v) is 2.50. The van der Waals surface area contributed by atoms with E-state index < -0.39 is 0 Å². The van der Waals surface area contributed by atoms with Crippen LogP contribution < -0.4 is 10.6 Å². The summed E-state index contributed by atoms with van der Waals surface area (Å²) >= 11 is 0. The Morgan fingerprint density at radius 2 is 2.06 bits per heavy atom. The summed E-state index contributed by atoms with van der Waals surface area (Å²) < 4.78 is 0. The average molecular weight is 236 g/mol. The number of rotatable bonds is 7. The third-order valence-electron chi connectivity index (χ3n) is 2.50. The fourth-order valence-corrected chi connectivity index (χ4v) is 1.56. The van der Waals surface area contributed by atoms with Crippen LogP contribution in [0.15, 0.2) is 30.3 Å². The van der Waals surface area contributed by atoms with Crippen molar-refractivity contribution >= 4 is 5.91 Å². The number of benzene rings is 1. The summed E-state index contributed by atoms with van der Waals surface area (Å²) in [6, 6.07) is 9.17. The molecule has 4 heteroatoms. The first-order valence-corrected chi connectivity index (χ1v) is 5.93. The van der Waals surface area contributed by atoms with Crippen LogP contribution in [0.1, 0.15) is 24.9 Å². The van der Waals surface area contributed by atoms with Gasteiger partial charge in [0.05, 0.1) is 12.6 Å². The van der Waals surface area contributed by atoms with Crippen molar-refractivity contribution in [1.82, 2.24) is 10.6 Å². The van der Waals surface area contributed by atoms with Crippen molar-refractivity contribution in [3.63, 3.8) is 0 Å². The van der Waals surface area contributed by atoms with Gasteiger partial charge in [-0.25, -0.2) is 0 Å². The van der Waals surface area contributed by atoms with Gasteiger partial charge in [-0.15, -0.1) is 0 Å². The summed E-state index contributed by atoms with van der Waals surface area (Å²) in [4.78, 5) is 11.6. The van der Waals surface area contributed by atoms with Crippen LogP contribution in [0, 0.1) is 0 Å². The highest BCUT2D eigenvalue weighted by atomic mass is 16.3. The molecular formula is C13H20N2O2. The highest BCUT2D eigenvalue weighted by molar-refractivity contribution is 5.76. The molecular weight excluding hydrogens is 216 g/mol. The zero-order chi connectivity index (χ0) is 12.5. The van der Waals surface area contributed by atoms with Gasteiger partial charge in [0.2, 0.25) is 5.91 Å². The predicted molar refractivity (Wildman–Crippen MR) is 67.6 cm³/mol. The number of aliphatic hydroxyl groups is 1. The second kappa shape index (κ2) is 7.81. The molecule has 1 amide bonds. The summed E-state index contributed by atoms with van der Waals surface area (Å²) in [5, 5.41) is 15.2. The molecule has 0 fully saturated rings. The number of aliphatic hydroxyl groups excluding tert-OH is 1. The third kappa shape index (κ3) is 4.97. The lowest BCUT2D eigenvalue weighted by atomic mass is 10.1. The normalized spacial score (nSPS) is 12.1. The van der Waals surface area contributed by atoms with E-state index in [9.17, 15) is 9.90 Å². The minimum absolute atomic E-state index is 0.0474. The van der Waals surface area contributed by atoms with E-state index in [1.165, 1.54) is 0 Å². The molecule has 0 aliphatic heterocycles. The molecule has 0 bridgehead atoms. The van der Waals surface area contributed by atoms with E-state index in [1.807, 2.05) is 37.3 Å². The SMILES string of the molecule is CCNCCC(=O)N[C@@H](CO)c1ccccc1. The van der Waals surface area contributed by atoms with Crippen molar-refractivity contribution in [1.29, 1.82) is 0 Å². The van der Waals surface area contributed by atoms with E-state index in [2.05, 4.69) is 10.6 Å². The summed E-state index contributed by atoms with van der Waals surface area (Å²) in [6.45, 7) is 3.43. The van der Waals surface area contributed by atoms with Gasteiger partial charge in [-0.3, -0.25) is 4.79 Å². The second-order valence-electron chi connectivity index (χ2n) is 3.82. The summed E-state index contributed by atoms with van der Waals surface area (Å²) in [7, 11) is 0. The van der Waals surface area contributed by atoms with Crippen LogP contribution in [-0.2, 0) is 4.79 Å². The maximum Gasteiger partial charge on any atom is 0.221 e. The summed E-state index contributed by atoms with van der Waals surface area (Å²) in [5.41, 5.74) is 0.923. The van der Waals surface area contributed by atoms with Gasteiger partial charge >= 0.3 is 0 Å². The first-order valence-electron chi connectivity index (χ1n) is 5.93. The topological polar surface area (TPSA) is 61.4 Å². The molecule has 0 aliphatic rings. The summed E-state index contributed by atoms with van der Waals surface area (Å²) in [5.74, 6) is -0.0474. The number of hydrogen-bond donors (Lipinski definition) is 3. The maximum atomic E-state index is 11.6. The maximum absolute atomic E-state index is 11.6. The monoisotopic (exact) mass is 236 g/mol. The molecule has 0 aliphatic carbocycles. The minimum atomic E-state index is -0.315. The smallest absolute Gasteiger partial charge is 0.221 e. The molecule has 3 N–H and O–H groups in total. The van der Waals surface area contributed by atoms with Gasteiger partial charge in [0.1, 0.15) is 0 Å². The largest absolute Gasteiger partial charge is 0.394 e. The average Bonchev–Trinajstić information content (AvgIpc) is 2.37. The lowest BCUT2D eigenvalue weighted by Gasteiger charge is -2.16. The van der Waals surface area contributed by atoms with E-state index in [0.29, 0.717) is 13.0 Å². The molecule has 0 spiro atoms. The molecule has 4 nitrogen and oxygen atoms in total. The minimum Gasteiger partial charge on any atom is -0.394 e. The van der Waals surface area contributed by atoms with Gasteiger partial charge < -0.3 is 15.7 Å². The highest BCUT2D eigenvalue weighted by Gasteiger charge is 2.12. The number of nitrogens with one attached hydrogen (secondary N) is 2. The van der Waals surface area contributed by atoms with Crippen molar-refractivity contribution < 1.29 is 9.90 Å². The van der Waals surface area contributed by atoms with Crippen LogP contribution in [0.5, 0.6) is 0 Å². The predicted octanol–water partition coefficient (Wildman–Crippen LogP) is 0.836. The van der Waals surface area contributed by atoms with Crippen molar-refractivity contribution in [2.75, 3.05) is 19.7 Å². The van der Waals surface area contributed by atoms with E-state index >= 15 is 0 Å². The number of carbonyl (C=O) groups excluding carboxylic acids is 1. The highest BCUT2D eigenvalue weighted by Crippen LogP contribution is 2.11.